The lowest BCUT2D eigenvalue weighted by Crippen LogP contribution is -2.18. The molecule has 0 bridgehead atoms. The monoisotopic (exact) mass is 390 g/mol. The van der Waals surface area contributed by atoms with E-state index in [1.165, 1.54) is 19.3 Å². The largest absolute Gasteiger partial charge is 0.507 e. The second-order valence-corrected chi connectivity index (χ2v) is 10.2. The maximum Gasteiger partial charge on any atom is 0.306 e. The molecule has 0 aliphatic carbocycles. The Hall–Kier alpha value is -1.51. The molecule has 0 saturated heterocycles. The number of phenols is 1. The molecule has 0 heterocycles. The minimum absolute atomic E-state index is 0.0144. The summed E-state index contributed by atoms with van der Waals surface area (Å²) >= 11 is 0. The SMILES string of the molecule is CCCCCCC(C)OC(=O)CCc1cc(C(C)(C)C)c(O)c(C(C)(C)C)c1. The molecule has 1 rings (SSSR count). The van der Waals surface area contributed by atoms with Crippen LogP contribution in [0.25, 0.3) is 0 Å². The van der Waals surface area contributed by atoms with Crippen molar-refractivity contribution in [2.45, 2.75) is 117 Å². The van der Waals surface area contributed by atoms with Gasteiger partial charge in [-0.15, -0.1) is 0 Å². The number of aryl methyl sites for hydroxylation is 1. The zero-order valence-corrected chi connectivity index (χ0v) is 19.4. The summed E-state index contributed by atoms with van der Waals surface area (Å²) in [6.07, 6.45) is 6.71. The van der Waals surface area contributed by atoms with Crippen LogP contribution in [0.4, 0.5) is 0 Å². The van der Waals surface area contributed by atoms with Crippen LogP contribution in [0, 0.1) is 0 Å². The third-order valence-electron chi connectivity index (χ3n) is 5.20. The molecule has 1 atom stereocenters. The lowest BCUT2D eigenvalue weighted by molar-refractivity contribution is -0.148. The molecular formula is C25H42O3. The topological polar surface area (TPSA) is 46.5 Å². The molecule has 1 unspecified atom stereocenters. The second-order valence-electron chi connectivity index (χ2n) is 10.2. The van der Waals surface area contributed by atoms with Crippen LogP contribution < -0.4 is 0 Å². The lowest BCUT2D eigenvalue weighted by atomic mass is 9.78. The number of phenolic OH excluding ortho intramolecular Hbond substituents is 1. The third kappa shape index (κ3) is 7.85. The summed E-state index contributed by atoms with van der Waals surface area (Å²) in [5, 5.41) is 10.8. The predicted octanol–water partition coefficient (Wildman–Crippen LogP) is 6.82. The van der Waals surface area contributed by atoms with E-state index in [0.717, 1.165) is 29.5 Å². The number of carbonyl (C=O) groups is 1. The van der Waals surface area contributed by atoms with Crippen molar-refractivity contribution in [3.05, 3.63) is 28.8 Å². The number of benzene rings is 1. The Morgan fingerprint density at radius 1 is 1.00 bits per heavy atom. The van der Waals surface area contributed by atoms with Crippen LogP contribution in [-0.2, 0) is 26.8 Å². The molecule has 3 heteroatoms. The van der Waals surface area contributed by atoms with Gasteiger partial charge in [0.1, 0.15) is 5.75 Å². The first-order chi connectivity index (χ1) is 12.9. The number of hydrogen-bond acceptors (Lipinski definition) is 3. The first-order valence-corrected chi connectivity index (χ1v) is 10.9. The van der Waals surface area contributed by atoms with E-state index in [0.29, 0.717) is 18.6 Å². The van der Waals surface area contributed by atoms with Crippen LogP contribution in [0.1, 0.15) is 111 Å². The van der Waals surface area contributed by atoms with Gasteiger partial charge in [0.15, 0.2) is 0 Å². The number of unbranched alkanes of at least 4 members (excludes halogenated alkanes) is 3. The van der Waals surface area contributed by atoms with Crippen molar-refractivity contribution in [3.63, 3.8) is 0 Å². The molecular weight excluding hydrogens is 348 g/mol. The number of rotatable bonds is 9. The fraction of sp³-hybridized carbons (Fsp3) is 0.720. The molecule has 0 amide bonds. The van der Waals surface area contributed by atoms with Gasteiger partial charge in [-0.05, 0) is 53.7 Å². The number of esters is 1. The maximum atomic E-state index is 12.3. The number of carbonyl (C=O) groups excluding carboxylic acids is 1. The van der Waals surface area contributed by atoms with Crippen molar-refractivity contribution in [1.29, 1.82) is 0 Å². The molecule has 0 spiro atoms. The molecule has 0 aliphatic rings. The highest BCUT2D eigenvalue weighted by atomic mass is 16.5. The van der Waals surface area contributed by atoms with Crippen molar-refractivity contribution in [2.24, 2.45) is 0 Å². The molecule has 1 aromatic rings. The van der Waals surface area contributed by atoms with E-state index >= 15 is 0 Å². The first-order valence-electron chi connectivity index (χ1n) is 10.9. The van der Waals surface area contributed by atoms with Crippen molar-refractivity contribution >= 4 is 5.97 Å². The summed E-state index contributed by atoms with van der Waals surface area (Å²) in [6.45, 7) is 16.8. The molecule has 0 fully saturated rings. The van der Waals surface area contributed by atoms with Gasteiger partial charge in [0.05, 0.1) is 6.10 Å². The first kappa shape index (κ1) is 24.5. The minimum atomic E-state index is -0.159. The van der Waals surface area contributed by atoms with Gasteiger partial charge in [-0.25, -0.2) is 0 Å². The molecule has 0 radical (unpaired) electrons. The summed E-state index contributed by atoms with van der Waals surface area (Å²) in [5.41, 5.74) is 2.64. The van der Waals surface area contributed by atoms with Gasteiger partial charge in [-0.1, -0.05) is 79.9 Å². The van der Waals surface area contributed by atoms with Crippen molar-refractivity contribution in [1.82, 2.24) is 0 Å². The maximum absolute atomic E-state index is 12.3. The van der Waals surface area contributed by atoms with E-state index in [1.807, 2.05) is 19.1 Å². The molecule has 0 aliphatic heterocycles. The van der Waals surface area contributed by atoms with Crippen LogP contribution in [0.3, 0.4) is 0 Å². The molecule has 1 aromatic carbocycles. The molecule has 0 saturated carbocycles. The zero-order chi connectivity index (χ0) is 21.5. The van der Waals surface area contributed by atoms with Gasteiger partial charge in [-0.3, -0.25) is 4.79 Å². The van der Waals surface area contributed by atoms with Crippen LogP contribution in [0.5, 0.6) is 5.75 Å². The van der Waals surface area contributed by atoms with Crippen LogP contribution >= 0.6 is 0 Å². The number of aromatic hydroxyl groups is 1. The minimum Gasteiger partial charge on any atom is -0.507 e. The Balaban J connectivity index is 2.79. The van der Waals surface area contributed by atoms with Gasteiger partial charge in [0.2, 0.25) is 0 Å². The Kier molecular flexibility index (Phi) is 9.04. The van der Waals surface area contributed by atoms with Gasteiger partial charge in [0, 0.05) is 6.42 Å². The van der Waals surface area contributed by atoms with E-state index in [-0.39, 0.29) is 22.9 Å². The summed E-state index contributed by atoms with van der Waals surface area (Å²) in [5.74, 6) is 0.248. The second kappa shape index (κ2) is 10.3. The van der Waals surface area contributed by atoms with E-state index in [9.17, 15) is 9.90 Å². The van der Waals surface area contributed by atoms with E-state index in [4.69, 9.17) is 4.74 Å². The standard InChI is InChI=1S/C25H42O3/c1-9-10-11-12-13-18(2)28-22(26)15-14-19-16-20(24(3,4)5)23(27)21(17-19)25(6,7)8/h16-18,27H,9-15H2,1-8H3. The molecule has 3 nitrogen and oxygen atoms in total. The Labute approximate surface area is 172 Å². The average Bonchev–Trinajstić information content (AvgIpc) is 2.55. The fourth-order valence-electron chi connectivity index (χ4n) is 3.43. The van der Waals surface area contributed by atoms with Crippen molar-refractivity contribution in [2.75, 3.05) is 0 Å². The van der Waals surface area contributed by atoms with Crippen LogP contribution in [0.2, 0.25) is 0 Å². The summed E-state index contributed by atoms with van der Waals surface area (Å²) in [7, 11) is 0. The third-order valence-corrected chi connectivity index (χ3v) is 5.20. The van der Waals surface area contributed by atoms with Gasteiger partial charge < -0.3 is 9.84 Å². The highest BCUT2D eigenvalue weighted by Crippen LogP contribution is 2.40. The molecule has 1 N–H and O–H groups in total. The summed E-state index contributed by atoms with van der Waals surface area (Å²) in [6, 6.07) is 4.10. The van der Waals surface area contributed by atoms with Gasteiger partial charge in [-0.2, -0.15) is 0 Å². The quantitative estimate of drug-likeness (QED) is 0.371. The van der Waals surface area contributed by atoms with Gasteiger partial charge >= 0.3 is 5.97 Å². The fourth-order valence-corrected chi connectivity index (χ4v) is 3.43. The number of ether oxygens (including phenoxy) is 1. The Morgan fingerprint density at radius 2 is 1.54 bits per heavy atom. The Bertz CT molecular complexity index is 597. The van der Waals surface area contributed by atoms with E-state index in [1.54, 1.807) is 0 Å². The predicted molar refractivity (Wildman–Crippen MR) is 118 cm³/mol. The number of hydrogen-bond donors (Lipinski definition) is 1. The lowest BCUT2D eigenvalue weighted by Gasteiger charge is -2.28. The zero-order valence-electron chi connectivity index (χ0n) is 19.4. The van der Waals surface area contributed by atoms with Crippen LogP contribution in [-0.4, -0.2) is 17.2 Å². The smallest absolute Gasteiger partial charge is 0.306 e. The van der Waals surface area contributed by atoms with Gasteiger partial charge in [0.25, 0.3) is 0 Å². The van der Waals surface area contributed by atoms with Crippen molar-refractivity contribution in [3.8, 4) is 5.75 Å². The van der Waals surface area contributed by atoms with E-state index < -0.39 is 0 Å². The van der Waals surface area contributed by atoms with Crippen molar-refractivity contribution < 1.29 is 14.6 Å². The normalized spacial score (nSPS) is 13.4. The Morgan fingerprint density at radius 3 is 2.00 bits per heavy atom. The summed E-state index contributed by atoms with van der Waals surface area (Å²) < 4.78 is 5.58. The molecule has 160 valence electrons. The highest BCUT2D eigenvalue weighted by molar-refractivity contribution is 5.70. The molecule has 0 aromatic heterocycles. The van der Waals surface area contributed by atoms with Crippen LogP contribution in [0.15, 0.2) is 12.1 Å². The average molecular weight is 391 g/mol. The van der Waals surface area contributed by atoms with E-state index in [2.05, 4.69) is 48.5 Å². The molecule has 28 heavy (non-hydrogen) atoms. The summed E-state index contributed by atoms with van der Waals surface area (Å²) in [4.78, 5) is 12.3. The highest BCUT2D eigenvalue weighted by Gasteiger charge is 2.26.